The molecule has 0 aliphatic heterocycles. The smallest absolute Gasteiger partial charge is 0.123 e. The Morgan fingerprint density at radius 3 is 2.71 bits per heavy atom. The van der Waals surface area contributed by atoms with Crippen LogP contribution in [0.2, 0.25) is 0 Å². The summed E-state index contributed by atoms with van der Waals surface area (Å²) in [4.78, 5) is 0. The molecule has 0 saturated heterocycles. The van der Waals surface area contributed by atoms with Crippen molar-refractivity contribution in [3.63, 3.8) is 0 Å². The van der Waals surface area contributed by atoms with Crippen LogP contribution in [0.3, 0.4) is 0 Å². The van der Waals surface area contributed by atoms with Crippen LogP contribution < -0.4 is 5.32 Å². The maximum absolute atomic E-state index is 13.6. The summed E-state index contributed by atoms with van der Waals surface area (Å²) in [5, 5.41) is 8.99. The minimum Gasteiger partial charge on any atom is -0.308 e. The van der Waals surface area contributed by atoms with Crippen molar-refractivity contribution in [3.05, 3.63) is 65.1 Å². The highest BCUT2D eigenvalue weighted by Crippen LogP contribution is 2.29. The van der Waals surface area contributed by atoms with E-state index in [-0.39, 0.29) is 11.9 Å². The molecular weight excluding hydrogens is 265 g/mol. The van der Waals surface area contributed by atoms with Crippen LogP contribution in [0.1, 0.15) is 22.9 Å². The molecule has 0 aliphatic rings. The number of para-hydroxylation sites is 1. The first-order chi connectivity index (χ1) is 10.1. The molecule has 0 aliphatic carbocycles. The highest BCUT2D eigenvalue weighted by Gasteiger charge is 2.21. The summed E-state index contributed by atoms with van der Waals surface area (Å²) in [5.41, 5.74) is 3.96. The Bertz CT molecular complexity index is 792. The molecule has 0 spiro atoms. The van der Waals surface area contributed by atoms with Gasteiger partial charge in [0.2, 0.25) is 0 Å². The van der Waals surface area contributed by atoms with Crippen LogP contribution in [0.5, 0.6) is 0 Å². The summed E-state index contributed by atoms with van der Waals surface area (Å²) in [6, 6.07) is 12.8. The zero-order chi connectivity index (χ0) is 15.0. The second-order valence-electron chi connectivity index (χ2n) is 5.25. The van der Waals surface area contributed by atoms with Gasteiger partial charge in [-0.25, -0.2) is 4.39 Å². The van der Waals surface area contributed by atoms with Gasteiger partial charge in [-0.3, -0.25) is 4.68 Å². The van der Waals surface area contributed by atoms with Crippen molar-refractivity contribution in [3.8, 4) is 0 Å². The van der Waals surface area contributed by atoms with Gasteiger partial charge in [0, 0.05) is 12.4 Å². The van der Waals surface area contributed by atoms with Crippen molar-refractivity contribution < 1.29 is 4.39 Å². The van der Waals surface area contributed by atoms with Gasteiger partial charge in [0.15, 0.2) is 0 Å². The SMILES string of the molecule is CNC(c1cc(F)ccc1C)c1nn(C)c2ccccc12. The molecule has 1 heterocycles. The number of nitrogens with zero attached hydrogens (tertiary/aromatic N) is 2. The second-order valence-corrected chi connectivity index (χ2v) is 5.25. The predicted molar refractivity (Wildman–Crippen MR) is 82.8 cm³/mol. The highest BCUT2D eigenvalue weighted by molar-refractivity contribution is 5.82. The zero-order valence-corrected chi connectivity index (χ0v) is 12.4. The topological polar surface area (TPSA) is 29.9 Å². The molecule has 0 amide bonds. The first-order valence-corrected chi connectivity index (χ1v) is 6.96. The van der Waals surface area contributed by atoms with Gasteiger partial charge >= 0.3 is 0 Å². The predicted octanol–water partition coefficient (Wildman–Crippen LogP) is 3.33. The summed E-state index contributed by atoms with van der Waals surface area (Å²) in [6.07, 6.45) is 0. The maximum atomic E-state index is 13.6. The van der Waals surface area contributed by atoms with E-state index in [1.807, 2.05) is 43.9 Å². The number of hydrogen-bond donors (Lipinski definition) is 1. The minimum atomic E-state index is -0.226. The largest absolute Gasteiger partial charge is 0.308 e. The number of fused-ring (bicyclic) bond motifs is 1. The summed E-state index contributed by atoms with van der Waals surface area (Å²) in [5.74, 6) is -0.226. The van der Waals surface area contributed by atoms with E-state index >= 15 is 0 Å². The minimum absolute atomic E-state index is 0.133. The Kier molecular flexibility index (Phi) is 3.47. The Morgan fingerprint density at radius 1 is 1.19 bits per heavy atom. The second kappa shape index (κ2) is 5.30. The van der Waals surface area contributed by atoms with Crippen LogP contribution in [0.15, 0.2) is 42.5 Å². The molecule has 3 nitrogen and oxygen atoms in total. The lowest BCUT2D eigenvalue weighted by molar-refractivity contribution is 0.608. The first-order valence-electron chi connectivity index (χ1n) is 6.96. The lowest BCUT2D eigenvalue weighted by atomic mass is 9.97. The normalized spacial score (nSPS) is 12.8. The average molecular weight is 283 g/mol. The third-order valence-electron chi connectivity index (χ3n) is 3.90. The van der Waals surface area contributed by atoms with Crippen molar-refractivity contribution >= 4 is 10.9 Å². The van der Waals surface area contributed by atoms with E-state index in [2.05, 4.69) is 16.5 Å². The standard InChI is InChI=1S/C17H18FN3/c1-11-8-9-12(18)10-14(11)16(19-2)17-13-6-4-5-7-15(13)21(3)20-17/h4-10,16,19H,1-3H3. The van der Waals surface area contributed by atoms with E-state index in [9.17, 15) is 4.39 Å². The number of benzene rings is 2. The highest BCUT2D eigenvalue weighted by atomic mass is 19.1. The fraction of sp³-hybridized carbons (Fsp3) is 0.235. The van der Waals surface area contributed by atoms with Crippen LogP contribution >= 0.6 is 0 Å². The number of aromatic nitrogens is 2. The fourth-order valence-electron chi connectivity index (χ4n) is 2.82. The van der Waals surface area contributed by atoms with Crippen molar-refractivity contribution in [1.29, 1.82) is 0 Å². The molecule has 3 rings (SSSR count). The molecule has 3 aromatic rings. The summed E-state index contributed by atoms with van der Waals surface area (Å²) in [6.45, 7) is 1.99. The van der Waals surface area contributed by atoms with Crippen molar-refractivity contribution in [2.45, 2.75) is 13.0 Å². The molecule has 0 radical (unpaired) electrons. The molecule has 0 fully saturated rings. The third kappa shape index (κ3) is 2.32. The molecule has 1 atom stereocenters. The number of aryl methyl sites for hydroxylation is 2. The van der Waals surface area contributed by atoms with E-state index in [0.29, 0.717) is 0 Å². The number of hydrogen-bond acceptors (Lipinski definition) is 2. The first kappa shape index (κ1) is 13.8. The summed E-state index contributed by atoms with van der Waals surface area (Å²) in [7, 11) is 3.80. The maximum Gasteiger partial charge on any atom is 0.123 e. The van der Waals surface area contributed by atoms with Crippen molar-refractivity contribution in [1.82, 2.24) is 15.1 Å². The number of halogens is 1. The van der Waals surface area contributed by atoms with Crippen LogP contribution in [-0.4, -0.2) is 16.8 Å². The molecule has 108 valence electrons. The van der Waals surface area contributed by atoms with Crippen LogP contribution in [0.4, 0.5) is 4.39 Å². The van der Waals surface area contributed by atoms with Crippen LogP contribution in [0.25, 0.3) is 10.9 Å². The summed E-state index contributed by atoms with van der Waals surface area (Å²) >= 11 is 0. The molecule has 21 heavy (non-hydrogen) atoms. The van der Waals surface area contributed by atoms with E-state index in [1.165, 1.54) is 6.07 Å². The fourth-order valence-corrected chi connectivity index (χ4v) is 2.82. The number of rotatable bonds is 3. The van der Waals surface area contributed by atoms with Crippen molar-refractivity contribution in [2.75, 3.05) is 7.05 Å². The van der Waals surface area contributed by atoms with Crippen molar-refractivity contribution in [2.24, 2.45) is 7.05 Å². The van der Waals surface area contributed by atoms with Gasteiger partial charge < -0.3 is 5.32 Å². The molecule has 1 aromatic heterocycles. The average Bonchev–Trinajstić information content (AvgIpc) is 2.81. The van der Waals surface area contributed by atoms with Gasteiger partial charge in [-0.15, -0.1) is 0 Å². The van der Waals surface area contributed by atoms with Crippen LogP contribution in [-0.2, 0) is 7.05 Å². The number of nitrogens with one attached hydrogen (secondary N) is 1. The van der Waals surface area contributed by atoms with E-state index < -0.39 is 0 Å². The third-order valence-corrected chi connectivity index (χ3v) is 3.90. The Balaban J connectivity index is 2.21. The lowest BCUT2D eigenvalue weighted by Gasteiger charge is -2.17. The molecule has 1 N–H and O–H groups in total. The molecule has 4 heteroatoms. The lowest BCUT2D eigenvalue weighted by Crippen LogP contribution is -2.20. The van der Waals surface area contributed by atoms with E-state index in [0.717, 1.165) is 27.7 Å². The molecule has 1 unspecified atom stereocenters. The summed E-state index contributed by atoms with van der Waals surface area (Å²) < 4.78 is 15.5. The molecular formula is C17H18FN3. The van der Waals surface area contributed by atoms with Gasteiger partial charge in [-0.2, -0.15) is 5.10 Å². The monoisotopic (exact) mass is 283 g/mol. The Hall–Kier alpha value is -2.20. The van der Waals surface area contributed by atoms with Gasteiger partial charge in [0.25, 0.3) is 0 Å². The Morgan fingerprint density at radius 2 is 1.95 bits per heavy atom. The Labute approximate surface area is 123 Å². The molecule has 0 bridgehead atoms. The zero-order valence-electron chi connectivity index (χ0n) is 12.4. The molecule has 0 saturated carbocycles. The van der Waals surface area contributed by atoms with Gasteiger partial charge in [-0.05, 0) is 43.3 Å². The van der Waals surface area contributed by atoms with E-state index in [4.69, 9.17) is 0 Å². The molecule has 2 aromatic carbocycles. The van der Waals surface area contributed by atoms with E-state index in [1.54, 1.807) is 12.1 Å². The van der Waals surface area contributed by atoms with Crippen LogP contribution in [0, 0.1) is 12.7 Å². The van der Waals surface area contributed by atoms with Gasteiger partial charge in [0.1, 0.15) is 5.82 Å². The van der Waals surface area contributed by atoms with Gasteiger partial charge in [-0.1, -0.05) is 24.3 Å². The van der Waals surface area contributed by atoms with Gasteiger partial charge in [0.05, 0.1) is 17.3 Å². The quantitative estimate of drug-likeness (QED) is 0.799.